The van der Waals surface area contributed by atoms with E-state index in [1.54, 1.807) is 36.4 Å². The highest BCUT2D eigenvalue weighted by molar-refractivity contribution is 7.92. The molecule has 2 rings (SSSR count). The Balaban J connectivity index is 0.00000180. The van der Waals surface area contributed by atoms with Gasteiger partial charge in [-0.3, -0.25) is 4.31 Å². The summed E-state index contributed by atoms with van der Waals surface area (Å²) in [6.07, 6.45) is 0. The number of hydrogen-bond acceptors (Lipinski definition) is 3. The maximum absolute atomic E-state index is 12.4. The second kappa shape index (κ2) is 5.95. The van der Waals surface area contributed by atoms with Gasteiger partial charge in [-0.2, -0.15) is 0 Å². The summed E-state index contributed by atoms with van der Waals surface area (Å²) in [6.45, 7) is 0. The summed E-state index contributed by atoms with van der Waals surface area (Å²) < 4.78 is 25.9. The molecule has 102 valence electrons. The topological polar surface area (TPSA) is 63.4 Å². The van der Waals surface area contributed by atoms with Gasteiger partial charge in [0.05, 0.1) is 10.6 Å². The molecule has 0 saturated heterocycles. The van der Waals surface area contributed by atoms with Gasteiger partial charge in [-0.25, -0.2) is 8.42 Å². The fourth-order valence-electron chi connectivity index (χ4n) is 1.61. The second-order valence-corrected chi connectivity index (χ2v) is 5.85. The molecule has 0 aliphatic rings. The molecular formula is C13H15ClN2O2S. The first-order valence-electron chi connectivity index (χ1n) is 5.41. The molecule has 0 aromatic heterocycles. The molecule has 0 unspecified atom stereocenters. The molecule has 0 amide bonds. The van der Waals surface area contributed by atoms with Crippen LogP contribution in [0, 0.1) is 0 Å². The number of halogens is 1. The number of anilines is 2. The van der Waals surface area contributed by atoms with Crippen LogP contribution >= 0.6 is 12.4 Å². The molecule has 0 aliphatic carbocycles. The van der Waals surface area contributed by atoms with Crippen LogP contribution in [0.5, 0.6) is 0 Å². The largest absolute Gasteiger partial charge is 0.399 e. The Morgan fingerprint density at radius 1 is 1.00 bits per heavy atom. The van der Waals surface area contributed by atoms with Crippen LogP contribution in [0.25, 0.3) is 0 Å². The molecule has 19 heavy (non-hydrogen) atoms. The average molecular weight is 299 g/mol. The zero-order valence-corrected chi connectivity index (χ0v) is 12.0. The van der Waals surface area contributed by atoms with E-state index in [0.29, 0.717) is 11.4 Å². The summed E-state index contributed by atoms with van der Waals surface area (Å²) in [5.41, 5.74) is 6.65. The predicted molar refractivity (Wildman–Crippen MR) is 80.1 cm³/mol. The van der Waals surface area contributed by atoms with Gasteiger partial charge in [0.25, 0.3) is 10.0 Å². The van der Waals surface area contributed by atoms with Crippen LogP contribution in [0.15, 0.2) is 59.5 Å². The fraction of sp³-hybridized carbons (Fsp3) is 0.0769. The van der Waals surface area contributed by atoms with E-state index >= 15 is 0 Å². The van der Waals surface area contributed by atoms with Crippen molar-refractivity contribution in [2.75, 3.05) is 17.1 Å². The van der Waals surface area contributed by atoms with Crippen LogP contribution in [0.3, 0.4) is 0 Å². The summed E-state index contributed by atoms with van der Waals surface area (Å²) in [6, 6.07) is 15.2. The van der Waals surface area contributed by atoms with E-state index in [0.717, 1.165) is 0 Å². The van der Waals surface area contributed by atoms with Crippen molar-refractivity contribution in [1.82, 2.24) is 0 Å². The van der Waals surface area contributed by atoms with Crippen LogP contribution in [0.4, 0.5) is 11.4 Å². The molecule has 0 atom stereocenters. The number of para-hydroxylation sites is 1. The first-order valence-corrected chi connectivity index (χ1v) is 6.85. The van der Waals surface area contributed by atoms with Crippen molar-refractivity contribution in [2.24, 2.45) is 0 Å². The third kappa shape index (κ3) is 3.19. The van der Waals surface area contributed by atoms with Crippen molar-refractivity contribution < 1.29 is 8.42 Å². The Kier molecular flexibility index (Phi) is 4.80. The minimum atomic E-state index is -3.56. The molecule has 4 nitrogen and oxygen atoms in total. The third-order valence-corrected chi connectivity index (χ3v) is 4.42. The van der Waals surface area contributed by atoms with E-state index in [1.807, 2.05) is 6.07 Å². The Labute approximate surface area is 119 Å². The highest BCUT2D eigenvalue weighted by Gasteiger charge is 2.20. The van der Waals surface area contributed by atoms with Crippen LogP contribution in [0.2, 0.25) is 0 Å². The van der Waals surface area contributed by atoms with Crippen molar-refractivity contribution in [1.29, 1.82) is 0 Å². The van der Waals surface area contributed by atoms with E-state index in [2.05, 4.69) is 0 Å². The molecule has 2 aromatic rings. The first-order chi connectivity index (χ1) is 8.51. The van der Waals surface area contributed by atoms with E-state index in [9.17, 15) is 8.42 Å². The fourth-order valence-corrected chi connectivity index (χ4v) is 2.86. The number of nitrogens with two attached hydrogens (primary N) is 1. The number of nitrogens with zero attached hydrogens (tertiary/aromatic N) is 1. The zero-order chi connectivity index (χ0) is 13.2. The van der Waals surface area contributed by atoms with Gasteiger partial charge in [0.2, 0.25) is 0 Å². The highest BCUT2D eigenvalue weighted by Crippen LogP contribution is 2.22. The first kappa shape index (κ1) is 15.3. The predicted octanol–water partition coefficient (Wildman–Crippen LogP) is 2.52. The zero-order valence-electron chi connectivity index (χ0n) is 10.4. The van der Waals surface area contributed by atoms with E-state index in [-0.39, 0.29) is 17.3 Å². The smallest absolute Gasteiger partial charge is 0.264 e. The van der Waals surface area contributed by atoms with Crippen LogP contribution in [0.1, 0.15) is 0 Å². The van der Waals surface area contributed by atoms with Crippen molar-refractivity contribution in [2.45, 2.75) is 4.90 Å². The maximum atomic E-state index is 12.4. The van der Waals surface area contributed by atoms with Gasteiger partial charge >= 0.3 is 0 Å². The molecule has 2 aromatic carbocycles. The van der Waals surface area contributed by atoms with Crippen molar-refractivity contribution >= 4 is 33.8 Å². The third-order valence-electron chi connectivity index (χ3n) is 2.64. The number of nitrogen functional groups attached to an aromatic ring is 1. The molecule has 0 heterocycles. The van der Waals surface area contributed by atoms with Crippen LogP contribution in [-0.4, -0.2) is 15.5 Å². The second-order valence-electron chi connectivity index (χ2n) is 3.88. The molecule has 0 spiro atoms. The molecule has 0 radical (unpaired) electrons. The molecular weight excluding hydrogens is 284 g/mol. The summed E-state index contributed by atoms with van der Waals surface area (Å²) >= 11 is 0. The quantitative estimate of drug-likeness (QED) is 0.886. The Morgan fingerprint density at radius 3 is 2.21 bits per heavy atom. The number of rotatable bonds is 3. The summed E-state index contributed by atoms with van der Waals surface area (Å²) in [7, 11) is -2.04. The van der Waals surface area contributed by atoms with Crippen LogP contribution < -0.4 is 10.0 Å². The average Bonchev–Trinajstić information content (AvgIpc) is 2.39. The minimum absolute atomic E-state index is 0. The molecule has 2 N–H and O–H groups in total. The molecule has 0 saturated carbocycles. The number of benzene rings is 2. The van der Waals surface area contributed by atoms with E-state index in [1.165, 1.54) is 23.5 Å². The highest BCUT2D eigenvalue weighted by atomic mass is 35.5. The van der Waals surface area contributed by atoms with Gasteiger partial charge in [0, 0.05) is 12.7 Å². The summed E-state index contributed by atoms with van der Waals surface area (Å²) in [5.74, 6) is 0. The summed E-state index contributed by atoms with van der Waals surface area (Å²) in [4.78, 5) is 0.189. The SMILES string of the molecule is CN(c1ccccc1)S(=O)(=O)c1cccc(N)c1.Cl. The maximum Gasteiger partial charge on any atom is 0.264 e. The lowest BCUT2D eigenvalue weighted by molar-refractivity contribution is 0.594. The number of hydrogen-bond donors (Lipinski definition) is 1. The Morgan fingerprint density at radius 2 is 1.63 bits per heavy atom. The van der Waals surface area contributed by atoms with Gasteiger partial charge in [-0.15, -0.1) is 12.4 Å². The van der Waals surface area contributed by atoms with Crippen molar-refractivity contribution in [3.8, 4) is 0 Å². The molecule has 0 bridgehead atoms. The van der Waals surface area contributed by atoms with Gasteiger partial charge in [-0.1, -0.05) is 24.3 Å². The van der Waals surface area contributed by atoms with E-state index in [4.69, 9.17) is 5.73 Å². The lowest BCUT2D eigenvalue weighted by atomic mass is 10.3. The normalized spacial score (nSPS) is 10.6. The minimum Gasteiger partial charge on any atom is -0.399 e. The molecule has 0 fully saturated rings. The van der Waals surface area contributed by atoms with E-state index < -0.39 is 10.0 Å². The lowest BCUT2D eigenvalue weighted by Crippen LogP contribution is -2.26. The van der Waals surface area contributed by atoms with Gasteiger partial charge in [-0.05, 0) is 30.3 Å². The standard InChI is InChI=1S/C13H14N2O2S.ClH/c1-15(12-7-3-2-4-8-12)18(16,17)13-9-5-6-11(14)10-13;/h2-10H,14H2,1H3;1H. The van der Waals surface area contributed by atoms with Gasteiger partial charge in [0.15, 0.2) is 0 Å². The molecule has 6 heteroatoms. The van der Waals surface area contributed by atoms with Crippen molar-refractivity contribution in [3.63, 3.8) is 0 Å². The van der Waals surface area contributed by atoms with Gasteiger partial charge < -0.3 is 5.73 Å². The monoisotopic (exact) mass is 298 g/mol. The van der Waals surface area contributed by atoms with Gasteiger partial charge in [0.1, 0.15) is 0 Å². The van der Waals surface area contributed by atoms with Crippen LogP contribution in [-0.2, 0) is 10.0 Å². The molecule has 0 aliphatic heterocycles. The lowest BCUT2D eigenvalue weighted by Gasteiger charge is -2.19. The Hall–Kier alpha value is -1.72. The number of sulfonamides is 1. The van der Waals surface area contributed by atoms with Crippen molar-refractivity contribution in [3.05, 3.63) is 54.6 Å². The Bertz CT molecular complexity index is 645. The summed E-state index contributed by atoms with van der Waals surface area (Å²) in [5, 5.41) is 0.